The number of benzene rings is 2. The molecule has 0 unspecified atom stereocenters. The molecule has 2 heterocycles. The van der Waals surface area contributed by atoms with Gasteiger partial charge in [-0.05, 0) is 56.2 Å². The van der Waals surface area contributed by atoms with Crippen molar-refractivity contribution in [3.63, 3.8) is 0 Å². The first kappa shape index (κ1) is 18.0. The molecule has 0 radical (unpaired) electrons. The highest BCUT2D eigenvalue weighted by Gasteiger charge is 2.22. The molecule has 1 aromatic heterocycles. The lowest BCUT2D eigenvalue weighted by Crippen LogP contribution is -2.18. The molecule has 0 aliphatic carbocycles. The third kappa shape index (κ3) is 3.81. The third-order valence-electron chi connectivity index (χ3n) is 4.51. The van der Waals surface area contributed by atoms with Crippen LogP contribution in [0, 0.1) is 0 Å². The van der Waals surface area contributed by atoms with Crippen molar-refractivity contribution >= 4 is 23.2 Å². The van der Waals surface area contributed by atoms with Gasteiger partial charge in [-0.3, -0.25) is 4.79 Å². The Bertz CT molecular complexity index is 969. The minimum absolute atomic E-state index is 0.110. The predicted molar refractivity (Wildman–Crippen MR) is 109 cm³/mol. The summed E-state index contributed by atoms with van der Waals surface area (Å²) < 4.78 is 5.61. The first-order chi connectivity index (χ1) is 13.6. The Morgan fingerprint density at radius 1 is 1.07 bits per heavy atom. The SMILES string of the molecule is CC(C)Oc1ccc(NC(=O)c2cnc(N3CCc4ccccc43)nc2)cc1. The van der Waals surface area contributed by atoms with E-state index in [0.29, 0.717) is 17.2 Å². The van der Waals surface area contributed by atoms with E-state index in [0.717, 1.165) is 24.4 Å². The molecule has 1 aliphatic heterocycles. The summed E-state index contributed by atoms with van der Waals surface area (Å²) in [6.45, 7) is 4.79. The summed E-state index contributed by atoms with van der Waals surface area (Å²) in [5.74, 6) is 1.13. The van der Waals surface area contributed by atoms with Crippen molar-refractivity contribution in [1.29, 1.82) is 0 Å². The Hall–Kier alpha value is -3.41. The second-order valence-electron chi connectivity index (χ2n) is 6.95. The molecule has 142 valence electrons. The smallest absolute Gasteiger partial charge is 0.258 e. The van der Waals surface area contributed by atoms with Crippen LogP contribution in [0.4, 0.5) is 17.3 Å². The molecule has 6 nitrogen and oxygen atoms in total. The molecule has 1 amide bonds. The van der Waals surface area contributed by atoms with E-state index in [1.807, 2.05) is 50.2 Å². The summed E-state index contributed by atoms with van der Waals surface area (Å²) in [4.78, 5) is 23.4. The number of amides is 1. The van der Waals surface area contributed by atoms with Gasteiger partial charge in [0.05, 0.1) is 11.7 Å². The van der Waals surface area contributed by atoms with Gasteiger partial charge in [0.15, 0.2) is 0 Å². The van der Waals surface area contributed by atoms with Gasteiger partial charge in [0.2, 0.25) is 5.95 Å². The zero-order chi connectivity index (χ0) is 19.5. The number of carbonyl (C=O) groups excluding carboxylic acids is 1. The van der Waals surface area contributed by atoms with E-state index in [1.165, 1.54) is 5.56 Å². The Balaban J connectivity index is 1.43. The fourth-order valence-electron chi connectivity index (χ4n) is 3.22. The van der Waals surface area contributed by atoms with Gasteiger partial charge in [-0.25, -0.2) is 9.97 Å². The number of nitrogens with one attached hydrogen (secondary N) is 1. The van der Waals surface area contributed by atoms with E-state index < -0.39 is 0 Å². The lowest BCUT2D eigenvalue weighted by Gasteiger charge is -2.17. The molecular weight excluding hydrogens is 352 g/mol. The van der Waals surface area contributed by atoms with Crippen molar-refractivity contribution in [2.75, 3.05) is 16.8 Å². The number of aromatic nitrogens is 2. The molecule has 0 fully saturated rings. The van der Waals surface area contributed by atoms with Crippen LogP contribution in [0.25, 0.3) is 0 Å². The van der Waals surface area contributed by atoms with Gasteiger partial charge < -0.3 is 15.0 Å². The number of hydrogen-bond donors (Lipinski definition) is 1. The number of anilines is 3. The largest absolute Gasteiger partial charge is 0.491 e. The highest BCUT2D eigenvalue weighted by Crippen LogP contribution is 2.31. The van der Waals surface area contributed by atoms with Crippen molar-refractivity contribution in [2.24, 2.45) is 0 Å². The number of nitrogens with zero attached hydrogens (tertiary/aromatic N) is 3. The number of ether oxygens (including phenoxy) is 1. The summed E-state index contributed by atoms with van der Waals surface area (Å²) >= 11 is 0. The topological polar surface area (TPSA) is 67.3 Å². The minimum Gasteiger partial charge on any atom is -0.491 e. The highest BCUT2D eigenvalue weighted by atomic mass is 16.5. The third-order valence-corrected chi connectivity index (χ3v) is 4.51. The average Bonchev–Trinajstić information content (AvgIpc) is 3.13. The maximum absolute atomic E-state index is 12.5. The fraction of sp³-hybridized carbons (Fsp3) is 0.227. The van der Waals surface area contributed by atoms with E-state index in [4.69, 9.17) is 4.74 Å². The van der Waals surface area contributed by atoms with Gasteiger partial charge in [0.25, 0.3) is 5.91 Å². The lowest BCUT2D eigenvalue weighted by molar-refractivity contribution is 0.102. The average molecular weight is 374 g/mol. The Morgan fingerprint density at radius 3 is 2.50 bits per heavy atom. The van der Waals surface area contributed by atoms with Crippen molar-refractivity contribution in [1.82, 2.24) is 9.97 Å². The standard InChI is InChI=1S/C22H22N4O2/c1-15(2)28-19-9-7-18(8-10-19)25-21(27)17-13-23-22(24-14-17)26-12-11-16-5-3-4-6-20(16)26/h3-10,13-15H,11-12H2,1-2H3,(H,25,27). The zero-order valence-corrected chi connectivity index (χ0v) is 15.9. The quantitative estimate of drug-likeness (QED) is 0.725. The number of para-hydroxylation sites is 1. The van der Waals surface area contributed by atoms with Gasteiger partial charge in [-0.1, -0.05) is 18.2 Å². The summed E-state index contributed by atoms with van der Waals surface area (Å²) in [6.07, 6.45) is 4.21. The first-order valence-electron chi connectivity index (χ1n) is 9.36. The number of rotatable bonds is 5. The molecule has 2 aromatic carbocycles. The van der Waals surface area contributed by atoms with Gasteiger partial charge in [0, 0.05) is 30.3 Å². The van der Waals surface area contributed by atoms with E-state index in [2.05, 4.69) is 32.3 Å². The fourth-order valence-corrected chi connectivity index (χ4v) is 3.22. The van der Waals surface area contributed by atoms with Crippen LogP contribution in [-0.2, 0) is 6.42 Å². The summed E-state index contributed by atoms with van der Waals surface area (Å²) in [6, 6.07) is 15.5. The Kier molecular flexibility index (Phi) is 4.93. The van der Waals surface area contributed by atoms with Crippen LogP contribution in [0.3, 0.4) is 0 Å². The molecule has 0 atom stereocenters. The molecule has 28 heavy (non-hydrogen) atoms. The van der Waals surface area contributed by atoms with Gasteiger partial charge in [0.1, 0.15) is 5.75 Å². The molecule has 4 rings (SSSR count). The van der Waals surface area contributed by atoms with Crippen LogP contribution in [0.15, 0.2) is 60.9 Å². The van der Waals surface area contributed by atoms with Crippen LogP contribution in [0.5, 0.6) is 5.75 Å². The van der Waals surface area contributed by atoms with Gasteiger partial charge in [-0.15, -0.1) is 0 Å². The maximum Gasteiger partial charge on any atom is 0.258 e. The molecule has 3 aromatic rings. The molecule has 6 heteroatoms. The number of hydrogen-bond acceptors (Lipinski definition) is 5. The zero-order valence-electron chi connectivity index (χ0n) is 15.9. The van der Waals surface area contributed by atoms with E-state index in [1.54, 1.807) is 12.4 Å². The highest BCUT2D eigenvalue weighted by molar-refractivity contribution is 6.03. The summed E-state index contributed by atoms with van der Waals surface area (Å²) in [7, 11) is 0. The Labute approximate surface area is 164 Å². The van der Waals surface area contributed by atoms with Crippen LogP contribution < -0.4 is 15.0 Å². The van der Waals surface area contributed by atoms with Gasteiger partial charge in [-0.2, -0.15) is 0 Å². The van der Waals surface area contributed by atoms with E-state index in [-0.39, 0.29) is 12.0 Å². The van der Waals surface area contributed by atoms with Crippen LogP contribution in [0.1, 0.15) is 29.8 Å². The van der Waals surface area contributed by atoms with Crippen LogP contribution in [0.2, 0.25) is 0 Å². The second kappa shape index (κ2) is 7.68. The van der Waals surface area contributed by atoms with Crippen LogP contribution in [-0.4, -0.2) is 28.5 Å². The Morgan fingerprint density at radius 2 is 1.79 bits per heavy atom. The minimum atomic E-state index is -0.245. The molecule has 1 N–H and O–H groups in total. The van der Waals surface area contributed by atoms with Gasteiger partial charge >= 0.3 is 0 Å². The predicted octanol–water partition coefficient (Wildman–Crippen LogP) is 4.21. The lowest BCUT2D eigenvalue weighted by atomic mass is 10.2. The summed E-state index contributed by atoms with van der Waals surface area (Å²) in [5.41, 5.74) is 3.53. The van der Waals surface area contributed by atoms with Crippen molar-refractivity contribution < 1.29 is 9.53 Å². The first-order valence-corrected chi connectivity index (χ1v) is 9.36. The number of carbonyl (C=O) groups is 1. The molecular formula is C22H22N4O2. The second-order valence-corrected chi connectivity index (χ2v) is 6.95. The van der Waals surface area contributed by atoms with Crippen molar-refractivity contribution in [3.8, 4) is 5.75 Å². The number of fused-ring (bicyclic) bond motifs is 1. The normalized spacial score (nSPS) is 12.8. The monoisotopic (exact) mass is 374 g/mol. The molecule has 0 bridgehead atoms. The van der Waals surface area contributed by atoms with Crippen LogP contribution >= 0.6 is 0 Å². The molecule has 0 saturated heterocycles. The van der Waals surface area contributed by atoms with Crippen molar-refractivity contribution in [2.45, 2.75) is 26.4 Å². The van der Waals surface area contributed by atoms with Crippen molar-refractivity contribution in [3.05, 3.63) is 72.1 Å². The summed E-state index contributed by atoms with van der Waals surface area (Å²) in [5, 5.41) is 2.86. The van der Waals surface area contributed by atoms with E-state index in [9.17, 15) is 4.79 Å². The maximum atomic E-state index is 12.5. The molecule has 0 spiro atoms. The molecule has 1 aliphatic rings. The van der Waals surface area contributed by atoms with E-state index >= 15 is 0 Å². The molecule has 0 saturated carbocycles.